The highest BCUT2D eigenvalue weighted by Gasteiger charge is 2.68. The van der Waals surface area contributed by atoms with Crippen molar-refractivity contribution >= 4 is 5.97 Å². The lowest BCUT2D eigenvalue weighted by Gasteiger charge is -2.58. The molecule has 4 heteroatoms. The highest BCUT2D eigenvalue weighted by Crippen LogP contribution is 2.70. The molecule has 1 spiro atoms. The molecule has 3 saturated carbocycles. The Morgan fingerprint density at radius 1 is 1.00 bits per heavy atom. The number of rotatable bonds is 2. The van der Waals surface area contributed by atoms with Crippen LogP contribution in [0.5, 0.6) is 0 Å². The summed E-state index contributed by atoms with van der Waals surface area (Å²) in [5.74, 6) is 3.46. The van der Waals surface area contributed by atoms with Crippen LogP contribution in [0.1, 0.15) is 95.8 Å². The van der Waals surface area contributed by atoms with Crippen LogP contribution in [-0.4, -0.2) is 30.6 Å². The van der Waals surface area contributed by atoms with E-state index < -0.39 is 0 Å². The number of carbonyl (C=O) groups excluding carboxylic acids is 1. The van der Waals surface area contributed by atoms with Gasteiger partial charge in [-0.3, -0.25) is 0 Å². The van der Waals surface area contributed by atoms with E-state index in [1.165, 1.54) is 32.1 Å². The molecule has 38 heavy (non-hydrogen) atoms. The van der Waals surface area contributed by atoms with Gasteiger partial charge >= 0.3 is 5.97 Å². The van der Waals surface area contributed by atoms with E-state index in [1.807, 2.05) is 30.3 Å². The van der Waals surface area contributed by atoms with E-state index in [9.17, 15) is 4.79 Å². The van der Waals surface area contributed by atoms with Crippen molar-refractivity contribution in [2.75, 3.05) is 6.61 Å². The molecule has 0 N–H and O–H groups in total. The van der Waals surface area contributed by atoms with E-state index in [2.05, 4.69) is 33.8 Å². The Balaban J connectivity index is 1.08. The summed E-state index contributed by atoms with van der Waals surface area (Å²) in [4.78, 5) is 12.7. The largest absolute Gasteiger partial charge is 0.458 e. The van der Waals surface area contributed by atoms with Crippen molar-refractivity contribution in [3.8, 4) is 0 Å². The normalized spacial score (nSPS) is 49.4. The molecule has 206 valence electrons. The van der Waals surface area contributed by atoms with Crippen LogP contribution in [0.25, 0.3) is 0 Å². The number of benzene rings is 1. The summed E-state index contributed by atoms with van der Waals surface area (Å²) in [6.07, 6.45) is 13.3. The van der Waals surface area contributed by atoms with Crippen molar-refractivity contribution in [1.29, 1.82) is 0 Å². The van der Waals surface area contributed by atoms with Crippen molar-refractivity contribution in [2.24, 2.45) is 46.3 Å². The first-order valence-corrected chi connectivity index (χ1v) is 15.5. The molecule has 2 saturated heterocycles. The van der Waals surface area contributed by atoms with Crippen molar-refractivity contribution in [3.63, 3.8) is 0 Å². The minimum absolute atomic E-state index is 0.00178. The van der Waals surface area contributed by atoms with Crippen molar-refractivity contribution in [3.05, 3.63) is 47.5 Å². The molecule has 2 aliphatic heterocycles. The molecule has 0 bridgehead atoms. The van der Waals surface area contributed by atoms with Gasteiger partial charge in [0.15, 0.2) is 5.79 Å². The molecule has 5 fully saturated rings. The van der Waals surface area contributed by atoms with Crippen LogP contribution >= 0.6 is 0 Å². The fourth-order valence-electron chi connectivity index (χ4n) is 10.5. The Morgan fingerprint density at radius 2 is 1.82 bits per heavy atom. The zero-order valence-electron chi connectivity index (χ0n) is 23.8. The van der Waals surface area contributed by atoms with E-state index in [4.69, 9.17) is 14.2 Å². The quantitative estimate of drug-likeness (QED) is 0.299. The molecule has 0 aromatic heterocycles. The first kappa shape index (κ1) is 25.3. The fraction of sp³-hybridized carbons (Fsp3) is 0.735. The van der Waals surface area contributed by atoms with Gasteiger partial charge in [-0.1, -0.05) is 57.5 Å². The van der Waals surface area contributed by atoms with Crippen molar-refractivity contribution < 1.29 is 19.0 Å². The standard InChI is InChI=1S/C34H46O4/c1-21-12-17-34(36-20-21)22(2)30-29(38-34)19-28-26-11-10-24-18-25(37-31(35)23-8-6-5-7-9-23)13-15-32(24,3)27(26)14-16-33(28,30)4/h5-10,21-22,25-30H,11-20H2,1-4H3/t21?,22?,25-,26?,27?,28?,29-,30?,32-,33-,34?/m0/s1. The molecule has 2 heterocycles. The maximum atomic E-state index is 12.7. The number of ether oxygens (including phenoxy) is 3. The van der Waals surface area contributed by atoms with Crippen LogP contribution in [0.15, 0.2) is 42.0 Å². The van der Waals surface area contributed by atoms with Gasteiger partial charge in [0.25, 0.3) is 0 Å². The zero-order chi connectivity index (χ0) is 26.3. The van der Waals surface area contributed by atoms with Gasteiger partial charge in [-0.2, -0.15) is 0 Å². The third-order valence-corrected chi connectivity index (χ3v) is 12.6. The molecule has 11 atom stereocenters. The highest BCUT2D eigenvalue weighted by atomic mass is 16.7. The minimum Gasteiger partial charge on any atom is -0.458 e. The van der Waals surface area contributed by atoms with Gasteiger partial charge in [0, 0.05) is 18.8 Å². The third kappa shape index (κ3) is 3.65. The first-order valence-electron chi connectivity index (χ1n) is 15.5. The zero-order valence-corrected chi connectivity index (χ0v) is 23.8. The van der Waals surface area contributed by atoms with Crippen molar-refractivity contribution in [2.45, 2.75) is 103 Å². The van der Waals surface area contributed by atoms with E-state index in [0.717, 1.165) is 50.0 Å². The van der Waals surface area contributed by atoms with Crippen LogP contribution < -0.4 is 0 Å². The van der Waals surface area contributed by atoms with E-state index in [0.29, 0.717) is 34.8 Å². The fourth-order valence-corrected chi connectivity index (χ4v) is 10.5. The number of hydrogen-bond acceptors (Lipinski definition) is 4. The monoisotopic (exact) mass is 518 g/mol. The molecule has 7 rings (SSSR count). The van der Waals surface area contributed by atoms with Gasteiger partial charge in [0.05, 0.1) is 18.3 Å². The van der Waals surface area contributed by atoms with Crippen molar-refractivity contribution in [1.82, 2.24) is 0 Å². The average molecular weight is 519 g/mol. The molecular weight excluding hydrogens is 472 g/mol. The lowest BCUT2D eigenvalue weighted by atomic mass is 9.47. The second-order valence-electron chi connectivity index (χ2n) is 14.4. The highest BCUT2D eigenvalue weighted by molar-refractivity contribution is 5.89. The van der Waals surface area contributed by atoms with Crippen LogP contribution in [-0.2, 0) is 14.2 Å². The summed E-state index contributed by atoms with van der Waals surface area (Å²) >= 11 is 0. The lowest BCUT2D eigenvalue weighted by Crippen LogP contribution is -2.52. The molecule has 7 unspecified atom stereocenters. The smallest absolute Gasteiger partial charge is 0.338 e. The molecule has 4 aliphatic carbocycles. The Kier molecular flexibility index (Phi) is 5.95. The summed E-state index contributed by atoms with van der Waals surface area (Å²) in [5, 5.41) is 0. The molecule has 1 aromatic carbocycles. The van der Waals surface area contributed by atoms with Gasteiger partial charge in [-0.05, 0) is 97.5 Å². The molecule has 6 aliphatic rings. The van der Waals surface area contributed by atoms with Gasteiger partial charge in [0.1, 0.15) is 6.10 Å². The number of allylic oxidation sites excluding steroid dienone is 1. The minimum atomic E-state index is -0.326. The number of hydrogen-bond donors (Lipinski definition) is 0. The van der Waals surface area contributed by atoms with Gasteiger partial charge in [0.2, 0.25) is 0 Å². The van der Waals surface area contributed by atoms with E-state index >= 15 is 0 Å². The number of fused-ring (bicyclic) bond motifs is 7. The predicted molar refractivity (Wildman–Crippen MR) is 147 cm³/mol. The van der Waals surface area contributed by atoms with E-state index in [-0.39, 0.29) is 23.3 Å². The number of esters is 1. The second kappa shape index (κ2) is 8.93. The lowest BCUT2D eigenvalue weighted by molar-refractivity contribution is -0.272. The topological polar surface area (TPSA) is 44.8 Å². The van der Waals surface area contributed by atoms with Gasteiger partial charge in [-0.15, -0.1) is 0 Å². The molecule has 0 amide bonds. The first-order chi connectivity index (χ1) is 18.2. The maximum absolute atomic E-state index is 12.7. The molecular formula is C34H46O4. The maximum Gasteiger partial charge on any atom is 0.338 e. The second-order valence-corrected chi connectivity index (χ2v) is 14.4. The van der Waals surface area contributed by atoms with Crippen LogP contribution in [0.3, 0.4) is 0 Å². The van der Waals surface area contributed by atoms with Gasteiger partial charge < -0.3 is 14.2 Å². The Labute approximate surface area is 228 Å². The van der Waals surface area contributed by atoms with E-state index in [1.54, 1.807) is 5.57 Å². The summed E-state index contributed by atoms with van der Waals surface area (Å²) in [5.41, 5.74) is 2.81. The summed E-state index contributed by atoms with van der Waals surface area (Å²) < 4.78 is 19.5. The Hall–Kier alpha value is -1.65. The Bertz CT molecular complexity index is 1100. The molecule has 0 radical (unpaired) electrons. The van der Waals surface area contributed by atoms with Crippen LogP contribution in [0.2, 0.25) is 0 Å². The number of carbonyl (C=O) groups is 1. The average Bonchev–Trinajstić information content (AvgIpc) is 3.36. The summed E-state index contributed by atoms with van der Waals surface area (Å²) in [6, 6.07) is 9.45. The predicted octanol–water partition coefficient (Wildman–Crippen LogP) is 7.58. The molecule has 1 aromatic rings. The summed E-state index contributed by atoms with van der Waals surface area (Å²) in [7, 11) is 0. The van der Waals surface area contributed by atoms with Crippen LogP contribution in [0, 0.1) is 46.3 Å². The third-order valence-electron chi connectivity index (χ3n) is 12.6. The van der Waals surface area contributed by atoms with Gasteiger partial charge in [-0.25, -0.2) is 4.79 Å². The SMILES string of the molecule is CC1CCC2(OC1)O[C@H]1CC3C4CC=C5C[C@@H](OC(=O)c6ccccc6)CC[C@]5(C)C4CC[C@]3(C)C1C2C. The van der Waals surface area contributed by atoms with Crippen LogP contribution in [0.4, 0.5) is 0 Å². The Morgan fingerprint density at radius 3 is 2.58 bits per heavy atom. The summed E-state index contributed by atoms with van der Waals surface area (Å²) in [6.45, 7) is 10.7. The molecule has 4 nitrogen and oxygen atoms in total.